The Morgan fingerprint density at radius 2 is 1.55 bits per heavy atom. The van der Waals surface area contributed by atoms with E-state index in [0.717, 1.165) is 35.7 Å². The molecule has 3 aliphatic rings. The number of carbonyl (C=O) groups excluding carboxylic acids is 2. The zero-order valence-electron chi connectivity index (χ0n) is 11.0. The molecule has 2 amide bonds. The van der Waals surface area contributed by atoms with Gasteiger partial charge in [-0.3, -0.25) is 14.5 Å². The third-order valence-electron chi connectivity index (χ3n) is 4.39. The molecule has 3 rings (SSSR count). The molecule has 3 fully saturated rings. The summed E-state index contributed by atoms with van der Waals surface area (Å²) in [5.74, 6) is 0.118. The van der Waals surface area contributed by atoms with Crippen molar-refractivity contribution >= 4 is 41.3 Å². The number of fused-ring (bicyclic) bond motifs is 1. The van der Waals surface area contributed by atoms with Gasteiger partial charge in [-0.1, -0.05) is 19.3 Å². The minimum absolute atomic E-state index is 0.276. The smallest absolute Gasteiger partial charge is 0.330 e. The van der Waals surface area contributed by atoms with Gasteiger partial charge in [-0.2, -0.15) is 0 Å². The first kappa shape index (κ1) is 14.3. The molecule has 2 saturated heterocycles. The first-order chi connectivity index (χ1) is 9.58. The van der Waals surface area contributed by atoms with Crippen LogP contribution in [-0.4, -0.2) is 55.3 Å². The molecule has 0 aromatic rings. The van der Waals surface area contributed by atoms with E-state index in [9.17, 15) is 19.5 Å². The van der Waals surface area contributed by atoms with Crippen molar-refractivity contribution in [2.75, 3.05) is 11.5 Å². The summed E-state index contributed by atoms with van der Waals surface area (Å²) in [4.78, 5) is 38.1. The maximum atomic E-state index is 12.6. The fourth-order valence-corrected chi connectivity index (χ4v) is 6.21. The summed E-state index contributed by atoms with van der Waals surface area (Å²) in [6, 6.07) is 0. The SMILES string of the molecule is O=C1C2SCCSC2C(=O)N1C1(C(=O)O)CCCCC1. The fraction of sp³-hybridized carbons (Fsp3) is 0.769. The highest BCUT2D eigenvalue weighted by atomic mass is 32.2. The van der Waals surface area contributed by atoms with E-state index in [1.807, 2.05) is 0 Å². The van der Waals surface area contributed by atoms with Crippen molar-refractivity contribution in [3.63, 3.8) is 0 Å². The third kappa shape index (κ3) is 1.97. The number of rotatable bonds is 2. The normalized spacial score (nSPS) is 33.1. The molecular weight excluding hydrogens is 298 g/mol. The molecule has 1 saturated carbocycles. The summed E-state index contributed by atoms with van der Waals surface area (Å²) < 4.78 is 0. The molecule has 2 heterocycles. The van der Waals surface area contributed by atoms with Gasteiger partial charge in [0.15, 0.2) is 0 Å². The van der Waals surface area contributed by atoms with Gasteiger partial charge in [0.05, 0.1) is 0 Å². The highest BCUT2D eigenvalue weighted by Gasteiger charge is 2.59. The molecule has 2 aliphatic heterocycles. The third-order valence-corrected chi connectivity index (χ3v) is 7.36. The van der Waals surface area contributed by atoms with Crippen molar-refractivity contribution < 1.29 is 19.5 Å². The number of carboxylic acids is 1. The van der Waals surface area contributed by atoms with Crippen LogP contribution < -0.4 is 0 Å². The zero-order chi connectivity index (χ0) is 14.3. The Kier molecular flexibility index (Phi) is 3.75. The number of aliphatic carboxylic acids is 1. The predicted molar refractivity (Wildman–Crippen MR) is 77.8 cm³/mol. The fourth-order valence-electron chi connectivity index (χ4n) is 3.38. The molecule has 0 aromatic carbocycles. The average Bonchev–Trinajstić information content (AvgIpc) is 2.72. The number of hydrogen-bond acceptors (Lipinski definition) is 5. The predicted octanol–water partition coefficient (Wildman–Crippen LogP) is 1.36. The van der Waals surface area contributed by atoms with Crippen molar-refractivity contribution in [2.45, 2.75) is 48.1 Å². The second-order valence-corrected chi connectivity index (χ2v) is 7.99. The molecule has 7 heteroatoms. The maximum absolute atomic E-state index is 12.6. The number of thioether (sulfide) groups is 2. The van der Waals surface area contributed by atoms with Gasteiger partial charge in [-0.05, 0) is 12.8 Å². The zero-order valence-corrected chi connectivity index (χ0v) is 12.7. The van der Waals surface area contributed by atoms with Crippen molar-refractivity contribution in [1.82, 2.24) is 4.90 Å². The Labute approximate surface area is 125 Å². The summed E-state index contributed by atoms with van der Waals surface area (Å²) in [6.45, 7) is 0. The lowest BCUT2D eigenvalue weighted by molar-refractivity contribution is -0.165. The van der Waals surface area contributed by atoms with E-state index < -0.39 is 11.5 Å². The van der Waals surface area contributed by atoms with Crippen molar-refractivity contribution in [1.29, 1.82) is 0 Å². The quantitative estimate of drug-likeness (QED) is 0.776. The van der Waals surface area contributed by atoms with E-state index in [1.54, 1.807) is 0 Å². The lowest BCUT2D eigenvalue weighted by Gasteiger charge is -2.39. The second-order valence-electron chi connectivity index (χ2n) is 5.49. The Balaban J connectivity index is 1.96. The summed E-state index contributed by atoms with van der Waals surface area (Å²) >= 11 is 3.00. The van der Waals surface area contributed by atoms with Crippen LogP contribution in [0.4, 0.5) is 0 Å². The molecule has 0 aromatic heterocycles. The van der Waals surface area contributed by atoms with E-state index in [2.05, 4.69) is 0 Å². The minimum Gasteiger partial charge on any atom is -0.479 e. The summed E-state index contributed by atoms with van der Waals surface area (Å²) in [5, 5.41) is 8.91. The van der Waals surface area contributed by atoms with Gasteiger partial charge < -0.3 is 5.11 Å². The van der Waals surface area contributed by atoms with Crippen LogP contribution in [0.1, 0.15) is 32.1 Å². The van der Waals surface area contributed by atoms with Gasteiger partial charge in [-0.15, -0.1) is 23.5 Å². The number of likely N-dealkylation sites (tertiary alicyclic amines) is 1. The molecule has 0 spiro atoms. The van der Waals surface area contributed by atoms with Gasteiger partial charge in [0.1, 0.15) is 16.0 Å². The van der Waals surface area contributed by atoms with Crippen molar-refractivity contribution in [3.8, 4) is 0 Å². The van der Waals surface area contributed by atoms with Crippen LogP contribution in [0.2, 0.25) is 0 Å². The molecule has 1 N–H and O–H groups in total. The molecule has 2 unspecified atom stereocenters. The van der Waals surface area contributed by atoms with Gasteiger partial charge in [0.2, 0.25) is 11.8 Å². The largest absolute Gasteiger partial charge is 0.479 e. The van der Waals surface area contributed by atoms with Gasteiger partial charge in [0, 0.05) is 11.5 Å². The van der Waals surface area contributed by atoms with Crippen LogP contribution in [0.25, 0.3) is 0 Å². The van der Waals surface area contributed by atoms with Crippen LogP contribution in [0.5, 0.6) is 0 Å². The van der Waals surface area contributed by atoms with E-state index >= 15 is 0 Å². The lowest BCUT2D eigenvalue weighted by atomic mass is 9.80. The molecule has 20 heavy (non-hydrogen) atoms. The molecule has 5 nitrogen and oxygen atoms in total. The monoisotopic (exact) mass is 315 g/mol. The minimum atomic E-state index is -1.29. The Morgan fingerprint density at radius 3 is 2.00 bits per heavy atom. The highest BCUT2D eigenvalue weighted by molar-refractivity contribution is 8.08. The molecule has 1 aliphatic carbocycles. The Morgan fingerprint density at radius 1 is 1.05 bits per heavy atom. The molecular formula is C13H17NO4S2. The topological polar surface area (TPSA) is 74.7 Å². The van der Waals surface area contributed by atoms with Crippen molar-refractivity contribution in [2.24, 2.45) is 0 Å². The van der Waals surface area contributed by atoms with Gasteiger partial charge in [-0.25, -0.2) is 4.79 Å². The summed E-state index contributed by atoms with van der Waals surface area (Å²) in [5.41, 5.74) is -1.29. The first-order valence-corrected chi connectivity index (χ1v) is 9.02. The average molecular weight is 315 g/mol. The number of hydrogen-bond donors (Lipinski definition) is 1. The molecule has 0 radical (unpaired) electrons. The van der Waals surface area contributed by atoms with E-state index in [1.165, 1.54) is 23.5 Å². The molecule has 2 atom stereocenters. The van der Waals surface area contributed by atoms with Crippen LogP contribution in [-0.2, 0) is 14.4 Å². The van der Waals surface area contributed by atoms with Gasteiger partial charge in [0.25, 0.3) is 0 Å². The summed E-state index contributed by atoms with van der Waals surface area (Å²) in [6.07, 6.45) is 3.29. The summed E-state index contributed by atoms with van der Waals surface area (Å²) in [7, 11) is 0. The van der Waals surface area contributed by atoms with E-state index in [0.29, 0.717) is 12.8 Å². The van der Waals surface area contributed by atoms with Crippen LogP contribution in [0.3, 0.4) is 0 Å². The van der Waals surface area contributed by atoms with Crippen LogP contribution in [0.15, 0.2) is 0 Å². The number of carboxylic acid groups (broad SMARTS) is 1. The maximum Gasteiger partial charge on any atom is 0.330 e. The standard InChI is InChI=1S/C13H17NO4S2/c15-10-8-9(20-7-6-19-8)11(16)14(10)13(12(17)18)4-2-1-3-5-13/h8-9H,1-7H2,(H,17,18). The number of imide groups is 1. The Hall–Kier alpha value is -0.690. The lowest BCUT2D eigenvalue weighted by Crippen LogP contribution is -2.58. The van der Waals surface area contributed by atoms with Crippen LogP contribution >= 0.6 is 23.5 Å². The van der Waals surface area contributed by atoms with E-state index in [4.69, 9.17) is 0 Å². The number of carbonyl (C=O) groups is 3. The number of amides is 2. The van der Waals surface area contributed by atoms with Crippen LogP contribution in [0, 0.1) is 0 Å². The highest BCUT2D eigenvalue weighted by Crippen LogP contribution is 2.44. The Bertz CT molecular complexity index is 437. The number of nitrogens with zero attached hydrogens (tertiary/aromatic N) is 1. The second kappa shape index (κ2) is 5.26. The first-order valence-electron chi connectivity index (χ1n) is 6.92. The van der Waals surface area contributed by atoms with Crippen molar-refractivity contribution in [3.05, 3.63) is 0 Å². The molecule has 110 valence electrons. The molecule has 0 bridgehead atoms. The van der Waals surface area contributed by atoms with Gasteiger partial charge >= 0.3 is 5.97 Å². The van der Waals surface area contributed by atoms with E-state index in [-0.39, 0.29) is 22.3 Å².